The number of anilines is 1. The van der Waals surface area contributed by atoms with E-state index in [0.717, 1.165) is 25.0 Å². The van der Waals surface area contributed by atoms with E-state index in [2.05, 4.69) is 10.6 Å². The van der Waals surface area contributed by atoms with Gasteiger partial charge in [-0.05, 0) is 43.0 Å². The summed E-state index contributed by atoms with van der Waals surface area (Å²) in [5.74, 6) is 0.392. The van der Waals surface area contributed by atoms with E-state index in [1.165, 1.54) is 12.1 Å². The quantitative estimate of drug-likeness (QED) is 0.800. The van der Waals surface area contributed by atoms with Crippen LogP contribution in [0, 0.1) is 5.92 Å². The number of alkyl halides is 3. The molecule has 0 unspecified atom stereocenters. The molecule has 110 valence electrons. The van der Waals surface area contributed by atoms with Crippen LogP contribution in [0.1, 0.15) is 18.4 Å². The zero-order chi connectivity index (χ0) is 14.8. The summed E-state index contributed by atoms with van der Waals surface area (Å²) in [5, 5.41) is 5.16. The predicted molar refractivity (Wildman–Crippen MR) is 69.2 cm³/mol. The number of hydrogen-bond acceptors (Lipinski definition) is 2. The number of nitrogens with one attached hydrogen (secondary N) is 2. The molecule has 4 N–H and O–H groups in total. The fourth-order valence-electron chi connectivity index (χ4n) is 2.11. The Hall–Kier alpha value is -1.76. The first kappa shape index (κ1) is 14.6. The molecule has 0 heterocycles. The Morgan fingerprint density at radius 1 is 1.25 bits per heavy atom. The Morgan fingerprint density at radius 3 is 2.35 bits per heavy atom. The lowest BCUT2D eigenvalue weighted by Gasteiger charge is -2.32. The molecule has 1 aliphatic rings. The van der Waals surface area contributed by atoms with Crippen molar-refractivity contribution < 1.29 is 18.0 Å². The summed E-state index contributed by atoms with van der Waals surface area (Å²) >= 11 is 0. The minimum Gasteiger partial charge on any atom is -0.338 e. The van der Waals surface area contributed by atoms with E-state index in [4.69, 9.17) is 5.73 Å². The van der Waals surface area contributed by atoms with Crippen LogP contribution in [0.15, 0.2) is 24.3 Å². The number of carbonyl (C=O) groups is 1. The highest BCUT2D eigenvalue weighted by Crippen LogP contribution is 2.29. The van der Waals surface area contributed by atoms with Crippen LogP contribution in [0.4, 0.5) is 23.7 Å². The standard InChI is InChI=1S/C13H16F3N3O/c14-13(15,16)9-1-3-11(4-2-9)19-12(20)18-7-8-5-10(17)6-8/h1-4,8,10H,5-7,17H2,(H2,18,19,20). The van der Waals surface area contributed by atoms with Crippen molar-refractivity contribution in [3.63, 3.8) is 0 Å². The molecule has 1 aliphatic carbocycles. The predicted octanol–water partition coefficient (Wildman–Crippen LogP) is 2.56. The number of carbonyl (C=O) groups excluding carboxylic acids is 1. The van der Waals surface area contributed by atoms with E-state index in [9.17, 15) is 18.0 Å². The fraction of sp³-hybridized carbons (Fsp3) is 0.462. The first-order valence-electron chi connectivity index (χ1n) is 6.32. The van der Waals surface area contributed by atoms with E-state index in [1.807, 2.05) is 0 Å². The third kappa shape index (κ3) is 3.86. The maximum Gasteiger partial charge on any atom is 0.416 e. The lowest BCUT2D eigenvalue weighted by atomic mass is 9.81. The summed E-state index contributed by atoms with van der Waals surface area (Å²) in [7, 11) is 0. The number of amides is 2. The molecule has 0 aliphatic heterocycles. The number of urea groups is 1. The van der Waals surface area contributed by atoms with Crippen LogP contribution >= 0.6 is 0 Å². The zero-order valence-corrected chi connectivity index (χ0v) is 10.7. The van der Waals surface area contributed by atoms with Crippen LogP contribution in [0.2, 0.25) is 0 Å². The summed E-state index contributed by atoms with van der Waals surface area (Å²) in [6, 6.07) is 4.11. The Kier molecular flexibility index (Phi) is 4.17. The Balaban J connectivity index is 1.79. The van der Waals surface area contributed by atoms with Gasteiger partial charge in [0.2, 0.25) is 0 Å². The fourth-order valence-corrected chi connectivity index (χ4v) is 2.11. The minimum atomic E-state index is -4.37. The van der Waals surface area contributed by atoms with Gasteiger partial charge in [-0.3, -0.25) is 0 Å². The average Bonchev–Trinajstić information content (AvgIpc) is 2.33. The number of hydrogen-bond donors (Lipinski definition) is 3. The Morgan fingerprint density at radius 2 is 1.85 bits per heavy atom. The Bertz CT molecular complexity index is 467. The van der Waals surface area contributed by atoms with Gasteiger partial charge in [0.25, 0.3) is 0 Å². The number of benzene rings is 1. The summed E-state index contributed by atoms with van der Waals surface area (Å²) in [6.07, 6.45) is -2.59. The van der Waals surface area contributed by atoms with Gasteiger partial charge in [-0.25, -0.2) is 4.79 Å². The third-order valence-corrected chi connectivity index (χ3v) is 3.29. The largest absolute Gasteiger partial charge is 0.416 e. The molecule has 0 spiro atoms. The molecule has 1 fully saturated rings. The minimum absolute atomic E-state index is 0.222. The third-order valence-electron chi connectivity index (χ3n) is 3.29. The summed E-state index contributed by atoms with van der Waals surface area (Å²) in [4.78, 5) is 11.5. The van der Waals surface area contributed by atoms with E-state index in [1.54, 1.807) is 0 Å². The second-order valence-electron chi connectivity index (χ2n) is 5.01. The topological polar surface area (TPSA) is 67.1 Å². The van der Waals surface area contributed by atoms with Crippen LogP contribution in [0.25, 0.3) is 0 Å². The van der Waals surface area contributed by atoms with Crippen molar-refractivity contribution in [2.75, 3.05) is 11.9 Å². The van der Waals surface area contributed by atoms with Gasteiger partial charge in [-0.2, -0.15) is 13.2 Å². The van der Waals surface area contributed by atoms with Crippen LogP contribution in [0.3, 0.4) is 0 Å². The highest BCUT2D eigenvalue weighted by molar-refractivity contribution is 5.89. The first-order chi connectivity index (χ1) is 9.34. The van der Waals surface area contributed by atoms with Gasteiger partial charge in [0.05, 0.1) is 5.56 Å². The number of halogens is 3. The lowest BCUT2D eigenvalue weighted by Crippen LogP contribution is -2.43. The van der Waals surface area contributed by atoms with E-state index in [0.29, 0.717) is 18.2 Å². The van der Waals surface area contributed by atoms with Crippen molar-refractivity contribution >= 4 is 11.7 Å². The highest BCUT2D eigenvalue weighted by atomic mass is 19.4. The second-order valence-corrected chi connectivity index (χ2v) is 5.01. The molecule has 0 saturated heterocycles. The second kappa shape index (κ2) is 5.70. The van der Waals surface area contributed by atoms with Crippen LogP contribution in [-0.4, -0.2) is 18.6 Å². The molecule has 0 bridgehead atoms. The van der Waals surface area contributed by atoms with Gasteiger partial charge in [-0.1, -0.05) is 0 Å². The molecule has 1 aromatic carbocycles. The van der Waals surface area contributed by atoms with Crippen molar-refractivity contribution in [2.45, 2.75) is 25.1 Å². The van der Waals surface area contributed by atoms with E-state index in [-0.39, 0.29) is 6.04 Å². The lowest BCUT2D eigenvalue weighted by molar-refractivity contribution is -0.137. The van der Waals surface area contributed by atoms with Crippen molar-refractivity contribution in [3.8, 4) is 0 Å². The average molecular weight is 287 g/mol. The molecule has 2 amide bonds. The molecule has 7 heteroatoms. The van der Waals surface area contributed by atoms with Gasteiger partial charge in [-0.15, -0.1) is 0 Å². The molecule has 2 rings (SSSR count). The summed E-state index contributed by atoms with van der Waals surface area (Å²) in [6.45, 7) is 0.528. The number of nitrogens with two attached hydrogens (primary N) is 1. The molecule has 1 aromatic rings. The van der Waals surface area contributed by atoms with Gasteiger partial charge in [0.1, 0.15) is 0 Å². The number of rotatable bonds is 3. The van der Waals surface area contributed by atoms with E-state index >= 15 is 0 Å². The summed E-state index contributed by atoms with van der Waals surface area (Å²) in [5.41, 5.74) is 5.20. The maximum absolute atomic E-state index is 12.4. The van der Waals surface area contributed by atoms with Crippen LogP contribution in [-0.2, 0) is 6.18 Å². The van der Waals surface area contributed by atoms with Crippen molar-refractivity contribution in [1.29, 1.82) is 0 Å². The molecule has 4 nitrogen and oxygen atoms in total. The highest BCUT2D eigenvalue weighted by Gasteiger charge is 2.30. The molecule has 0 radical (unpaired) electrons. The first-order valence-corrected chi connectivity index (χ1v) is 6.32. The summed E-state index contributed by atoms with van der Waals surface area (Å²) < 4.78 is 37.1. The van der Waals surface area contributed by atoms with Crippen LogP contribution < -0.4 is 16.4 Å². The molecule has 20 heavy (non-hydrogen) atoms. The van der Waals surface area contributed by atoms with Crippen molar-refractivity contribution in [3.05, 3.63) is 29.8 Å². The zero-order valence-electron chi connectivity index (χ0n) is 10.7. The van der Waals surface area contributed by atoms with E-state index < -0.39 is 17.8 Å². The monoisotopic (exact) mass is 287 g/mol. The molecule has 0 aromatic heterocycles. The molecule has 1 saturated carbocycles. The van der Waals surface area contributed by atoms with Crippen molar-refractivity contribution in [2.24, 2.45) is 11.7 Å². The Labute approximate surface area is 114 Å². The van der Waals surface area contributed by atoms with Crippen molar-refractivity contribution in [1.82, 2.24) is 5.32 Å². The van der Waals surface area contributed by atoms with Gasteiger partial charge < -0.3 is 16.4 Å². The molecule has 0 atom stereocenters. The van der Waals surface area contributed by atoms with Gasteiger partial charge in [0.15, 0.2) is 0 Å². The van der Waals surface area contributed by atoms with Crippen LogP contribution in [0.5, 0.6) is 0 Å². The van der Waals surface area contributed by atoms with Gasteiger partial charge >= 0.3 is 12.2 Å². The normalized spacial score (nSPS) is 22.0. The smallest absolute Gasteiger partial charge is 0.338 e. The van der Waals surface area contributed by atoms with Gasteiger partial charge in [0, 0.05) is 18.3 Å². The maximum atomic E-state index is 12.4. The molecular weight excluding hydrogens is 271 g/mol. The molecular formula is C13H16F3N3O. The SMILES string of the molecule is NC1CC(CNC(=O)Nc2ccc(C(F)(F)F)cc2)C1.